The van der Waals surface area contributed by atoms with Crippen molar-refractivity contribution in [3.8, 4) is 0 Å². The van der Waals surface area contributed by atoms with Crippen molar-refractivity contribution in [2.45, 2.75) is 45.1 Å². The summed E-state index contributed by atoms with van der Waals surface area (Å²) in [6.45, 7) is 3.63. The second-order valence-corrected chi connectivity index (χ2v) is 10.5. The Bertz CT molecular complexity index is 1410. The van der Waals surface area contributed by atoms with Crippen molar-refractivity contribution in [3.05, 3.63) is 62.6 Å². The van der Waals surface area contributed by atoms with Gasteiger partial charge in [0.25, 0.3) is 5.56 Å². The van der Waals surface area contributed by atoms with Gasteiger partial charge in [0.05, 0.1) is 11.9 Å². The smallest absolute Gasteiger partial charge is 0.259 e. The quantitative estimate of drug-likeness (QED) is 0.462. The van der Waals surface area contributed by atoms with Crippen LogP contribution in [0.4, 0.5) is 0 Å². The average Bonchev–Trinajstić information content (AvgIpc) is 3.44. The summed E-state index contributed by atoms with van der Waals surface area (Å²) in [6, 6.07) is 8.22. The van der Waals surface area contributed by atoms with Crippen LogP contribution in [0.2, 0.25) is 0 Å². The lowest BCUT2D eigenvalue weighted by molar-refractivity contribution is -0.133. The van der Waals surface area contributed by atoms with Crippen LogP contribution < -0.4 is 5.56 Å². The van der Waals surface area contributed by atoms with Crippen LogP contribution in [0.3, 0.4) is 0 Å². The number of benzene rings is 1. The van der Waals surface area contributed by atoms with Crippen molar-refractivity contribution < 1.29 is 4.79 Å². The minimum atomic E-state index is 0.00509. The third-order valence-electron chi connectivity index (χ3n) is 7.26. The van der Waals surface area contributed by atoms with E-state index >= 15 is 0 Å². The molecule has 1 amide bonds. The van der Waals surface area contributed by atoms with Gasteiger partial charge in [0, 0.05) is 54.6 Å². The third-order valence-corrected chi connectivity index (χ3v) is 8.44. The summed E-state index contributed by atoms with van der Waals surface area (Å²) in [7, 11) is 0. The molecule has 0 saturated carbocycles. The van der Waals surface area contributed by atoms with Crippen LogP contribution in [0.15, 0.2) is 35.3 Å². The number of carbonyl (C=O) groups excluding carboxylic acids is 1. The Balaban J connectivity index is 1.06. The summed E-state index contributed by atoms with van der Waals surface area (Å²) in [5.41, 5.74) is 3.55. The monoisotopic (exact) mass is 475 g/mol. The molecule has 0 radical (unpaired) electrons. The van der Waals surface area contributed by atoms with Crippen LogP contribution in [0, 0.1) is 0 Å². The molecule has 1 aromatic carbocycles. The first-order valence-corrected chi connectivity index (χ1v) is 13.1. The van der Waals surface area contributed by atoms with E-state index in [1.54, 1.807) is 11.3 Å². The van der Waals surface area contributed by atoms with Crippen LogP contribution in [0.25, 0.3) is 21.1 Å². The number of H-pyrrole nitrogens is 2. The van der Waals surface area contributed by atoms with Gasteiger partial charge in [-0.15, -0.1) is 11.3 Å². The van der Waals surface area contributed by atoms with Crippen molar-refractivity contribution in [1.82, 2.24) is 24.8 Å². The summed E-state index contributed by atoms with van der Waals surface area (Å²) in [5.74, 6) is 0.942. The number of rotatable bonds is 5. The second-order valence-electron chi connectivity index (χ2n) is 9.42. The van der Waals surface area contributed by atoms with Crippen molar-refractivity contribution in [2.24, 2.45) is 0 Å². The fraction of sp³-hybridized carbons (Fsp3) is 0.423. The molecule has 4 aromatic rings. The molecule has 1 saturated heterocycles. The normalized spacial score (nSPS) is 16.9. The molecule has 176 valence electrons. The van der Waals surface area contributed by atoms with E-state index < -0.39 is 0 Å². The van der Waals surface area contributed by atoms with Gasteiger partial charge in [-0.3, -0.25) is 14.5 Å². The summed E-state index contributed by atoms with van der Waals surface area (Å²) in [4.78, 5) is 43.2. The fourth-order valence-electron chi connectivity index (χ4n) is 5.39. The summed E-state index contributed by atoms with van der Waals surface area (Å²) < 4.78 is 0. The van der Waals surface area contributed by atoms with Crippen LogP contribution in [-0.4, -0.2) is 56.8 Å². The maximum Gasteiger partial charge on any atom is 0.259 e. The van der Waals surface area contributed by atoms with E-state index in [-0.39, 0.29) is 11.5 Å². The lowest BCUT2D eigenvalue weighted by Gasteiger charge is -2.34. The van der Waals surface area contributed by atoms with E-state index in [0.717, 1.165) is 60.3 Å². The topological polar surface area (TPSA) is 85.1 Å². The minimum Gasteiger partial charge on any atom is -0.361 e. The highest BCUT2D eigenvalue weighted by molar-refractivity contribution is 7.18. The van der Waals surface area contributed by atoms with E-state index in [9.17, 15) is 9.59 Å². The predicted molar refractivity (Wildman–Crippen MR) is 135 cm³/mol. The average molecular weight is 476 g/mol. The number of piperazine rings is 1. The van der Waals surface area contributed by atoms with E-state index in [1.807, 2.05) is 23.2 Å². The molecular weight excluding hydrogens is 446 g/mol. The number of aromatic nitrogens is 3. The molecule has 8 heteroatoms. The number of para-hydroxylation sites is 1. The van der Waals surface area contributed by atoms with E-state index in [0.29, 0.717) is 26.1 Å². The Morgan fingerprint density at radius 1 is 1.09 bits per heavy atom. The molecule has 7 nitrogen and oxygen atoms in total. The number of nitrogens with zero attached hydrogens (tertiary/aromatic N) is 3. The Hall–Kier alpha value is -2.97. The lowest BCUT2D eigenvalue weighted by Crippen LogP contribution is -2.48. The fourth-order valence-corrected chi connectivity index (χ4v) is 6.67. The molecule has 6 rings (SSSR count). The van der Waals surface area contributed by atoms with Crippen LogP contribution >= 0.6 is 11.3 Å². The van der Waals surface area contributed by atoms with Gasteiger partial charge in [0.15, 0.2) is 0 Å². The zero-order chi connectivity index (χ0) is 23.1. The number of amides is 1. The number of thiophene rings is 1. The molecule has 1 aliphatic heterocycles. The summed E-state index contributed by atoms with van der Waals surface area (Å²) in [6.07, 6.45) is 7.72. The van der Waals surface area contributed by atoms with Crippen molar-refractivity contribution in [2.75, 3.05) is 26.2 Å². The minimum absolute atomic E-state index is 0.00509. The Kier molecular flexibility index (Phi) is 5.71. The Labute approximate surface area is 201 Å². The standard InChI is InChI=1S/C26H29N5O2S/c32-23(10-9-17-15-27-20-7-3-1-5-18(17)20)31-13-11-30(12-14-31)16-22-28-25(33)24-19-6-2-4-8-21(19)34-26(24)29-22/h1,3,5,7,15,27H,2,4,6,8-14,16H2,(H,28,29,33). The van der Waals surface area contributed by atoms with E-state index in [1.165, 1.54) is 27.8 Å². The predicted octanol–water partition coefficient (Wildman–Crippen LogP) is 3.62. The molecule has 2 aliphatic rings. The first-order chi connectivity index (χ1) is 16.7. The first kappa shape index (κ1) is 21.6. The maximum absolute atomic E-state index is 12.8. The number of aromatic amines is 2. The zero-order valence-corrected chi connectivity index (χ0v) is 20.0. The first-order valence-electron chi connectivity index (χ1n) is 12.2. The molecular formula is C26H29N5O2S. The summed E-state index contributed by atoms with van der Waals surface area (Å²) >= 11 is 1.69. The molecule has 4 heterocycles. The molecule has 0 unspecified atom stereocenters. The number of aryl methyl sites for hydroxylation is 3. The lowest BCUT2D eigenvalue weighted by atomic mass is 9.97. The van der Waals surface area contributed by atoms with Gasteiger partial charge < -0.3 is 14.9 Å². The van der Waals surface area contributed by atoms with Gasteiger partial charge in [0.2, 0.25) is 5.91 Å². The number of hydrogen-bond donors (Lipinski definition) is 2. The van der Waals surface area contributed by atoms with Crippen LogP contribution in [0.5, 0.6) is 0 Å². The highest BCUT2D eigenvalue weighted by atomic mass is 32.1. The van der Waals surface area contributed by atoms with Gasteiger partial charge in [-0.05, 0) is 49.3 Å². The summed E-state index contributed by atoms with van der Waals surface area (Å²) in [5, 5.41) is 2.01. The molecule has 0 atom stereocenters. The number of fused-ring (bicyclic) bond motifs is 4. The van der Waals surface area contributed by atoms with Crippen LogP contribution in [-0.2, 0) is 30.6 Å². The maximum atomic E-state index is 12.8. The third kappa shape index (κ3) is 4.05. The zero-order valence-electron chi connectivity index (χ0n) is 19.2. The molecule has 3 aromatic heterocycles. The van der Waals surface area contributed by atoms with Crippen LogP contribution in [0.1, 0.15) is 41.1 Å². The van der Waals surface area contributed by atoms with Gasteiger partial charge in [-0.2, -0.15) is 0 Å². The number of carbonyl (C=O) groups is 1. The number of nitrogens with one attached hydrogen (secondary N) is 2. The largest absolute Gasteiger partial charge is 0.361 e. The van der Waals surface area contributed by atoms with Crippen molar-refractivity contribution >= 4 is 38.4 Å². The Morgan fingerprint density at radius 3 is 2.79 bits per heavy atom. The molecule has 1 aliphatic carbocycles. The Morgan fingerprint density at radius 2 is 1.91 bits per heavy atom. The molecule has 1 fully saturated rings. The van der Waals surface area contributed by atoms with Gasteiger partial charge in [-0.1, -0.05) is 18.2 Å². The van der Waals surface area contributed by atoms with Gasteiger partial charge in [-0.25, -0.2) is 4.98 Å². The van der Waals surface area contributed by atoms with E-state index in [2.05, 4.69) is 27.0 Å². The molecule has 2 N–H and O–H groups in total. The highest BCUT2D eigenvalue weighted by Crippen LogP contribution is 2.33. The van der Waals surface area contributed by atoms with E-state index in [4.69, 9.17) is 4.98 Å². The second kappa shape index (κ2) is 9.00. The van der Waals surface area contributed by atoms with Gasteiger partial charge >= 0.3 is 0 Å². The van der Waals surface area contributed by atoms with Crippen molar-refractivity contribution in [1.29, 1.82) is 0 Å². The number of hydrogen-bond acceptors (Lipinski definition) is 5. The SMILES string of the molecule is O=C(CCc1c[nH]c2ccccc12)N1CCN(Cc2nc3sc4c(c3c(=O)[nH]2)CCCC4)CC1. The highest BCUT2D eigenvalue weighted by Gasteiger charge is 2.23. The molecule has 0 bridgehead atoms. The molecule has 34 heavy (non-hydrogen) atoms. The van der Waals surface area contributed by atoms with Crippen molar-refractivity contribution in [3.63, 3.8) is 0 Å². The molecule has 0 spiro atoms. The van der Waals surface area contributed by atoms with Gasteiger partial charge in [0.1, 0.15) is 10.7 Å².